The molecule has 1 aromatic rings. The number of nitrogens with one attached hydrogen (secondary N) is 2. The third kappa shape index (κ3) is 4.72. The largest absolute Gasteiger partial charge is 0.396 e. The number of carbonyl (C=O) groups is 1. The maximum absolute atomic E-state index is 11.7. The lowest BCUT2D eigenvalue weighted by molar-refractivity contribution is 0.204. The number of hydrogen-bond donors (Lipinski definition) is 3. The molecule has 1 aromatic carbocycles. The van der Waals surface area contributed by atoms with E-state index in [2.05, 4.69) is 10.6 Å². The second-order valence-electron chi connectivity index (χ2n) is 4.21. The predicted octanol–water partition coefficient (Wildman–Crippen LogP) is 3.13. The number of benzene rings is 1. The molecule has 2 unspecified atom stereocenters. The summed E-state index contributed by atoms with van der Waals surface area (Å²) in [5, 5.41) is 15.2. The number of aliphatic hydroxyl groups is 1. The Bertz CT molecular complexity index is 406. The van der Waals surface area contributed by atoms with Crippen LogP contribution in [0.2, 0.25) is 10.0 Å². The van der Waals surface area contributed by atoms with Crippen molar-refractivity contribution in [1.82, 2.24) is 5.32 Å². The molecule has 3 N–H and O–H groups in total. The highest BCUT2D eigenvalue weighted by Gasteiger charge is 2.13. The van der Waals surface area contributed by atoms with Crippen molar-refractivity contribution in [3.8, 4) is 0 Å². The second-order valence-corrected chi connectivity index (χ2v) is 5.08. The van der Waals surface area contributed by atoms with Gasteiger partial charge in [-0.1, -0.05) is 30.1 Å². The first-order valence-electron chi connectivity index (χ1n) is 5.57. The van der Waals surface area contributed by atoms with Crippen LogP contribution in [0.1, 0.15) is 13.8 Å². The summed E-state index contributed by atoms with van der Waals surface area (Å²) in [4.78, 5) is 11.7. The van der Waals surface area contributed by atoms with Gasteiger partial charge < -0.3 is 15.7 Å². The summed E-state index contributed by atoms with van der Waals surface area (Å²) in [6.07, 6.45) is 0. The van der Waals surface area contributed by atoms with Crippen molar-refractivity contribution in [1.29, 1.82) is 0 Å². The van der Waals surface area contributed by atoms with Crippen LogP contribution in [0.5, 0.6) is 0 Å². The number of urea groups is 1. The molecule has 18 heavy (non-hydrogen) atoms. The average Bonchev–Trinajstić information content (AvgIpc) is 2.25. The zero-order chi connectivity index (χ0) is 13.7. The number of hydrogen-bond acceptors (Lipinski definition) is 2. The lowest BCUT2D eigenvalue weighted by atomic mass is 10.1. The Hall–Kier alpha value is -0.970. The Kier molecular flexibility index (Phi) is 5.72. The molecule has 0 aliphatic rings. The van der Waals surface area contributed by atoms with E-state index in [1.54, 1.807) is 18.2 Å². The monoisotopic (exact) mass is 290 g/mol. The highest BCUT2D eigenvalue weighted by atomic mass is 35.5. The van der Waals surface area contributed by atoms with E-state index in [0.717, 1.165) is 0 Å². The van der Waals surface area contributed by atoms with Crippen molar-refractivity contribution in [2.45, 2.75) is 19.9 Å². The fourth-order valence-corrected chi connectivity index (χ4v) is 1.83. The Balaban J connectivity index is 2.59. The second kappa shape index (κ2) is 6.83. The van der Waals surface area contributed by atoms with E-state index in [4.69, 9.17) is 28.3 Å². The molecule has 0 aromatic heterocycles. The molecule has 0 fully saturated rings. The van der Waals surface area contributed by atoms with E-state index in [1.807, 2.05) is 13.8 Å². The number of rotatable bonds is 4. The van der Waals surface area contributed by atoms with Crippen LogP contribution < -0.4 is 10.6 Å². The van der Waals surface area contributed by atoms with Crippen molar-refractivity contribution in [3.63, 3.8) is 0 Å². The molecule has 0 saturated carbocycles. The molecule has 0 aliphatic carbocycles. The van der Waals surface area contributed by atoms with Crippen LogP contribution in [0.15, 0.2) is 18.2 Å². The normalized spacial score (nSPS) is 13.8. The smallest absolute Gasteiger partial charge is 0.319 e. The molecule has 0 radical (unpaired) electrons. The molecular formula is C12H16Cl2N2O2. The third-order valence-electron chi connectivity index (χ3n) is 2.62. The van der Waals surface area contributed by atoms with Gasteiger partial charge in [0, 0.05) is 28.4 Å². The molecule has 0 aliphatic heterocycles. The maximum Gasteiger partial charge on any atom is 0.319 e. The molecule has 0 bridgehead atoms. The van der Waals surface area contributed by atoms with Gasteiger partial charge in [-0.3, -0.25) is 0 Å². The topological polar surface area (TPSA) is 61.4 Å². The van der Waals surface area contributed by atoms with Crippen molar-refractivity contribution in [2.75, 3.05) is 11.9 Å². The van der Waals surface area contributed by atoms with Crippen LogP contribution in [-0.4, -0.2) is 23.8 Å². The number of anilines is 1. The predicted molar refractivity (Wildman–Crippen MR) is 74.3 cm³/mol. The zero-order valence-corrected chi connectivity index (χ0v) is 11.7. The first-order chi connectivity index (χ1) is 8.42. The van der Waals surface area contributed by atoms with E-state index in [0.29, 0.717) is 15.7 Å². The van der Waals surface area contributed by atoms with Gasteiger partial charge in [-0.2, -0.15) is 0 Å². The van der Waals surface area contributed by atoms with Crippen LogP contribution in [-0.2, 0) is 0 Å². The van der Waals surface area contributed by atoms with Gasteiger partial charge in [0.25, 0.3) is 0 Å². The fraction of sp³-hybridized carbons (Fsp3) is 0.417. The van der Waals surface area contributed by atoms with E-state index in [1.165, 1.54) is 0 Å². The Morgan fingerprint density at radius 2 is 1.83 bits per heavy atom. The van der Waals surface area contributed by atoms with Gasteiger partial charge in [0.05, 0.1) is 0 Å². The average molecular weight is 291 g/mol. The number of halogens is 2. The summed E-state index contributed by atoms with van der Waals surface area (Å²) >= 11 is 11.6. The molecule has 0 saturated heterocycles. The van der Waals surface area contributed by atoms with Gasteiger partial charge >= 0.3 is 6.03 Å². The van der Waals surface area contributed by atoms with Crippen LogP contribution >= 0.6 is 23.2 Å². The van der Waals surface area contributed by atoms with E-state index >= 15 is 0 Å². The number of aliphatic hydroxyl groups excluding tert-OH is 1. The SMILES string of the molecule is CC(CO)C(C)NC(=O)Nc1cc(Cl)cc(Cl)c1. The van der Waals surface area contributed by atoms with Crippen LogP contribution in [0.4, 0.5) is 10.5 Å². The summed E-state index contributed by atoms with van der Waals surface area (Å²) < 4.78 is 0. The molecular weight excluding hydrogens is 275 g/mol. The van der Waals surface area contributed by atoms with Gasteiger partial charge in [-0.15, -0.1) is 0 Å². The summed E-state index contributed by atoms with van der Waals surface area (Å²) in [7, 11) is 0. The van der Waals surface area contributed by atoms with Gasteiger partial charge in [0.15, 0.2) is 0 Å². The van der Waals surface area contributed by atoms with E-state index < -0.39 is 0 Å². The van der Waals surface area contributed by atoms with Gasteiger partial charge in [0.2, 0.25) is 0 Å². The minimum absolute atomic E-state index is 0.0151. The van der Waals surface area contributed by atoms with Crippen molar-refractivity contribution in [2.24, 2.45) is 5.92 Å². The lowest BCUT2D eigenvalue weighted by Crippen LogP contribution is -2.40. The molecule has 4 nitrogen and oxygen atoms in total. The first kappa shape index (κ1) is 15.1. The minimum atomic E-state index is -0.360. The van der Waals surface area contributed by atoms with Crippen LogP contribution in [0.25, 0.3) is 0 Å². The zero-order valence-electron chi connectivity index (χ0n) is 10.2. The number of amides is 2. The quantitative estimate of drug-likeness (QED) is 0.798. The third-order valence-corrected chi connectivity index (χ3v) is 3.06. The van der Waals surface area contributed by atoms with E-state index in [9.17, 15) is 4.79 Å². The first-order valence-corrected chi connectivity index (χ1v) is 6.32. The molecule has 1 rings (SSSR count). The molecule has 0 spiro atoms. The van der Waals surface area contributed by atoms with Gasteiger partial charge in [0.1, 0.15) is 0 Å². The summed E-state index contributed by atoms with van der Waals surface area (Å²) in [5.41, 5.74) is 0.522. The summed E-state index contributed by atoms with van der Waals surface area (Å²) in [5.74, 6) is -0.0151. The Labute approximate surface area is 116 Å². The van der Waals surface area contributed by atoms with Crippen LogP contribution in [0.3, 0.4) is 0 Å². The summed E-state index contributed by atoms with van der Waals surface area (Å²) in [6, 6.07) is 4.30. The molecule has 2 amide bonds. The Morgan fingerprint density at radius 3 is 2.33 bits per heavy atom. The summed E-state index contributed by atoms with van der Waals surface area (Å²) in [6.45, 7) is 3.69. The molecule has 6 heteroatoms. The van der Waals surface area contributed by atoms with Crippen LogP contribution in [0, 0.1) is 5.92 Å². The van der Waals surface area contributed by atoms with Crippen molar-refractivity contribution < 1.29 is 9.90 Å². The number of carbonyl (C=O) groups excluding carboxylic acids is 1. The highest BCUT2D eigenvalue weighted by molar-refractivity contribution is 6.35. The molecule has 100 valence electrons. The maximum atomic E-state index is 11.7. The van der Waals surface area contributed by atoms with E-state index in [-0.39, 0.29) is 24.6 Å². The lowest BCUT2D eigenvalue weighted by Gasteiger charge is -2.19. The van der Waals surface area contributed by atoms with Gasteiger partial charge in [-0.05, 0) is 31.0 Å². The minimum Gasteiger partial charge on any atom is -0.396 e. The van der Waals surface area contributed by atoms with Gasteiger partial charge in [-0.25, -0.2) is 4.79 Å². The standard InChI is InChI=1S/C12H16Cl2N2O2/c1-7(6-17)8(2)15-12(18)16-11-4-9(13)3-10(14)5-11/h3-5,7-8,17H,6H2,1-2H3,(H2,15,16,18). The van der Waals surface area contributed by atoms with Crippen molar-refractivity contribution >= 4 is 34.9 Å². The molecule has 0 heterocycles. The Morgan fingerprint density at radius 1 is 1.28 bits per heavy atom. The fourth-order valence-electron chi connectivity index (χ4n) is 1.30. The molecule has 2 atom stereocenters. The van der Waals surface area contributed by atoms with Crippen molar-refractivity contribution in [3.05, 3.63) is 28.2 Å². The highest BCUT2D eigenvalue weighted by Crippen LogP contribution is 2.22.